The monoisotopic (exact) mass is 705 g/mol. The number of ether oxygens (including phenoxy) is 2. The molecule has 4 amide bonds. The summed E-state index contributed by atoms with van der Waals surface area (Å²) in [6.07, 6.45) is 3.20. The van der Waals surface area contributed by atoms with Crippen LogP contribution in [0.3, 0.4) is 0 Å². The number of methoxy groups -OCH3 is 1. The molecule has 244 valence electrons. The third-order valence-corrected chi connectivity index (χ3v) is 9.87. The molecule has 0 saturated carbocycles. The number of imide groups is 2. The third-order valence-electron chi connectivity index (χ3n) is 9.28. The van der Waals surface area contributed by atoms with Gasteiger partial charge >= 0.3 is 6.03 Å². The topological polar surface area (TPSA) is 88.2 Å². The van der Waals surface area contributed by atoms with E-state index in [1.54, 1.807) is 12.1 Å². The number of nitrogens with one attached hydrogen (secondary N) is 1. The lowest BCUT2D eigenvalue weighted by atomic mass is 9.76. The summed E-state index contributed by atoms with van der Waals surface area (Å²) in [6.45, 7) is 5.67. The van der Waals surface area contributed by atoms with E-state index in [1.807, 2.05) is 62.4 Å². The van der Waals surface area contributed by atoms with E-state index in [-0.39, 0.29) is 23.5 Å². The van der Waals surface area contributed by atoms with Gasteiger partial charge in [-0.05, 0) is 101 Å². The highest BCUT2D eigenvalue weighted by atomic mass is 79.9. The quantitative estimate of drug-likeness (QED) is 0.156. The molecule has 0 bridgehead atoms. The second kappa shape index (κ2) is 13.0. The molecule has 1 saturated heterocycles. The van der Waals surface area contributed by atoms with Crippen molar-refractivity contribution in [2.75, 3.05) is 30.0 Å². The average molecular weight is 707 g/mol. The standard InChI is InChI=1S/C39H36BrN3O5/c1-23(2)48-36-33(40)19-24(20-34(36)47-3)18-32-37(44)41-39(46)43(38(32)45)27-21-30-28(25-10-6-4-7-11-25)14-16-42-17-15-29(31(22-27)35(30)42)26-12-8-5-9-13-26/h4-13,18-23,28-29H,14-17H2,1-3H3,(H,41,44,46)/b32-18+/t28-,29+. The van der Waals surface area contributed by atoms with E-state index in [1.165, 1.54) is 30.0 Å². The van der Waals surface area contributed by atoms with Gasteiger partial charge in [0, 0.05) is 30.6 Å². The highest BCUT2D eigenvalue weighted by Gasteiger charge is 2.40. The van der Waals surface area contributed by atoms with Crippen LogP contribution in [0.4, 0.5) is 16.2 Å². The zero-order chi connectivity index (χ0) is 33.5. The van der Waals surface area contributed by atoms with Crippen molar-refractivity contribution in [3.63, 3.8) is 0 Å². The van der Waals surface area contributed by atoms with Crippen molar-refractivity contribution in [3.05, 3.63) is 123 Å². The summed E-state index contributed by atoms with van der Waals surface area (Å²) in [5.74, 6) is -0.316. The molecule has 8 nitrogen and oxygen atoms in total. The summed E-state index contributed by atoms with van der Waals surface area (Å²) < 4.78 is 12.1. The van der Waals surface area contributed by atoms with Gasteiger partial charge in [0.05, 0.1) is 23.4 Å². The van der Waals surface area contributed by atoms with Gasteiger partial charge in [0.25, 0.3) is 11.8 Å². The normalized spacial score (nSPS) is 19.8. The molecule has 9 heteroatoms. The third kappa shape index (κ3) is 5.76. The molecule has 3 aliphatic rings. The Morgan fingerprint density at radius 3 is 1.98 bits per heavy atom. The number of nitrogens with zero attached hydrogens (tertiary/aromatic N) is 2. The van der Waals surface area contributed by atoms with Crippen LogP contribution >= 0.6 is 15.9 Å². The Morgan fingerprint density at radius 1 is 0.854 bits per heavy atom. The molecule has 2 atom stereocenters. The molecular formula is C39H36BrN3O5. The molecule has 0 unspecified atom stereocenters. The smallest absolute Gasteiger partial charge is 0.335 e. The Morgan fingerprint density at radius 2 is 1.44 bits per heavy atom. The van der Waals surface area contributed by atoms with E-state index in [0.29, 0.717) is 27.2 Å². The molecule has 0 spiro atoms. The van der Waals surface area contributed by atoms with Gasteiger partial charge in [0.15, 0.2) is 11.5 Å². The Kier molecular flexibility index (Phi) is 8.56. The van der Waals surface area contributed by atoms with E-state index in [4.69, 9.17) is 9.47 Å². The van der Waals surface area contributed by atoms with Crippen molar-refractivity contribution in [1.82, 2.24) is 5.32 Å². The van der Waals surface area contributed by atoms with Gasteiger partial charge in [-0.1, -0.05) is 60.7 Å². The summed E-state index contributed by atoms with van der Waals surface area (Å²) in [7, 11) is 1.53. The number of rotatable bonds is 7. The van der Waals surface area contributed by atoms with Gasteiger partial charge in [0.2, 0.25) is 0 Å². The van der Waals surface area contributed by atoms with E-state index >= 15 is 0 Å². The number of hydrogen-bond acceptors (Lipinski definition) is 6. The molecule has 4 aromatic rings. The summed E-state index contributed by atoms with van der Waals surface area (Å²) in [5.41, 5.74) is 6.53. The molecule has 1 fully saturated rings. The lowest BCUT2D eigenvalue weighted by Crippen LogP contribution is -2.54. The van der Waals surface area contributed by atoms with Crippen LogP contribution in [-0.2, 0) is 9.59 Å². The van der Waals surface area contributed by atoms with Crippen molar-refractivity contribution in [2.24, 2.45) is 0 Å². The van der Waals surface area contributed by atoms with Crippen LogP contribution in [0.5, 0.6) is 11.5 Å². The zero-order valence-electron chi connectivity index (χ0n) is 27.0. The van der Waals surface area contributed by atoms with Crippen LogP contribution in [0, 0.1) is 0 Å². The van der Waals surface area contributed by atoms with Gasteiger partial charge in [0.1, 0.15) is 5.57 Å². The summed E-state index contributed by atoms with van der Waals surface area (Å²) >= 11 is 3.54. The van der Waals surface area contributed by atoms with Crippen LogP contribution in [0.2, 0.25) is 0 Å². The lowest BCUT2D eigenvalue weighted by Gasteiger charge is -2.44. The number of anilines is 2. The Balaban J connectivity index is 1.35. The predicted octanol–water partition coefficient (Wildman–Crippen LogP) is 7.79. The predicted molar refractivity (Wildman–Crippen MR) is 190 cm³/mol. The van der Waals surface area contributed by atoms with E-state index < -0.39 is 17.8 Å². The number of benzene rings is 4. The first-order valence-corrected chi connectivity index (χ1v) is 17.0. The average Bonchev–Trinajstić information content (AvgIpc) is 3.08. The molecular weight excluding hydrogens is 670 g/mol. The number of halogens is 1. The van der Waals surface area contributed by atoms with Crippen LogP contribution in [-0.4, -0.2) is 44.1 Å². The van der Waals surface area contributed by atoms with Gasteiger partial charge in [-0.15, -0.1) is 0 Å². The molecule has 0 radical (unpaired) electrons. The molecule has 48 heavy (non-hydrogen) atoms. The van der Waals surface area contributed by atoms with E-state index in [0.717, 1.165) is 42.0 Å². The van der Waals surface area contributed by atoms with E-state index in [2.05, 4.69) is 50.4 Å². The number of amides is 4. The minimum Gasteiger partial charge on any atom is -0.493 e. The largest absolute Gasteiger partial charge is 0.493 e. The highest BCUT2D eigenvalue weighted by Crippen LogP contribution is 2.50. The maximum absolute atomic E-state index is 14.2. The Bertz CT molecular complexity index is 1870. The van der Waals surface area contributed by atoms with Crippen LogP contribution in [0.25, 0.3) is 6.08 Å². The molecule has 0 aliphatic carbocycles. The fourth-order valence-electron chi connectivity index (χ4n) is 7.20. The number of carbonyl (C=O) groups excluding carboxylic acids is 3. The fraction of sp³-hybridized carbons (Fsp3) is 0.256. The second-order valence-electron chi connectivity index (χ2n) is 12.6. The zero-order valence-corrected chi connectivity index (χ0v) is 28.6. The number of carbonyl (C=O) groups is 3. The maximum Gasteiger partial charge on any atom is 0.335 e. The molecule has 7 rings (SSSR count). The molecule has 3 aliphatic heterocycles. The highest BCUT2D eigenvalue weighted by molar-refractivity contribution is 9.10. The van der Waals surface area contributed by atoms with Crippen LogP contribution < -0.4 is 24.6 Å². The van der Waals surface area contributed by atoms with Gasteiger partial charge < -0.3 is 14.4 Å². The first-order valence-electron chi connectivity index (χ1n) is 16.2. The van der Waals surface area contributed by atoms with Gasteiger partial charge in [-0.3, -0.25) is 14.9 Å². The van der Waals surface area contributed by atoms with Crippen molar-refractivity contribution in [2.45, 2.75) is 44.6 Å². The second-order valence-corrected chi connectivity index (χ2v) is 13.5. The summed E-state index contributed by atoms with van der Waals surface area (Å²) in [6, 6.07) is 27.4. The fourth-order valence-corrected chi connectivity index (χ4v) is 7.75. The molecule has 3 heterocycles. The minimum absolute atomic E-state index is 0.0849. The molecule has 0 aromatic heterocycles. The number of hydrogen-bond donors (Lipinski definition) is 1. The molecule has 4 aromatic carbocycles. The van der Waals surface area contributed by atoms with Crippen LogP contribution in [0.1, 0.15) is 66.3 Å². The van der Waals surface area contributed by atoms with Crippen molar-refractivity contribution < 1.29 is 23.9 Å². The SMILES string of the molecule is COc1cc(/C=C2\C(=O)NC(=O)N(c3cc4c5c(c3)[C@H](c3ccccc3)CCN5CC[C@@H]4c3ccccc3)C2=O)cc(Br)c1OC(C)C. The lowest BCUT2D eigenvalue weighted by molar-refractivity contribution is -0.122. The number of barbiturate groups is 1. The van der Waals surface area contributed by atoms with Crippen LogP contribution in [0.15, 0.2) is 95.0 Å². The first-order chi connectivity index (χ1) is 23.2. The first kappa shape index (κ1) is 31.7. The van der Waals surface area contributed by atoms with Crippen molar-refractivity contribution >= 4 is 51.2 Å². The maximum atomic E-state index is 14.2. The molecule has 1 N–H and O–H groups in total. The summed E-state index contributed by atoms with van der Waals surface area (Å²) in [5, 5.41) is 2.42. The van der Waals surface area contributed by atoms with Crippen molar-refractivity contribution in [3.8, 4) is 11.5 Å². The summed E-state index contributed by atoms with van der Waals surface area (Å²) in [4.78, 5) is 44.6. The minimum atomic E-state index is -0.773. The van der Waals surface area contributed by atoms with Crippen molar-refractivity contribution in [1.29, 1.82) is 0 Å². The number of urea groups is 1. The Hall–Kier alpha value is -4.89. The Labute approximate surface area is 288 Å². The van der Waals surface area contributed by atoms with Gasteiger partial charge in [-0.2, -0.15) is 0 Å². The van der Waals surface area contributed by atoms with Gasteiger partial charge in [-0.25, -0.2) is 9.69 Å². The van der Waals surface area contributed by atoms with E-state index in [9.17, 15) is 14.4 Å².